The molecule has 1 N–H and O–H groups in total. The van der Waals surface area contributed by atoms with Crippen LogP contribution in [0.4, 0.5) is 0 Å². The molecule has 0 amide bonds. The average Bonchev–Trinajstić information content (AvgIpc) is 2.98. The summed E-state index contributed by atoms with van der Waals surface area (Å²) in [4.78, 5) is 18.4. The molecule has 4 nitrogen and oxygen atoms in total. The Hall–Kier alpha value is -1.72. The highest BCUT2D eigenvalue weighted by Gasteiger charge is 2.19. The third-order valence-electron chi connectivity index (χ3n) is 4.79. The average molecular weight is 344 g/mol. The van der Waals surface area contributed by atoms with Gasteiger partial charge in [-0.2, -0.15) is 0 Å². The van der Waals surface area contributed by atoms with E-state index in [1.807, 2.05) is 12.1 Å². The maximum atomic E-state index is 11.2. The summed E-state index contributed by atoms with van der Waals surface area (Å²) >= 11 is 1.25. The smallest absolute Gasteiger partial charge is 0.347 e. The number of carboxylic acids is 1. The van der Waals surface area contributed by atoms with Crippen LogP contribution in [0.1, 0.15) is 53.0 Å². The van der Waals surface area contributed by atoms with Crippen molar-refractivity contribution in [1.82, 2.24) is 9.88 Å². The first kappa shape index (κ1) is 17.1. The first-order valence-corrected chi connectivity index (χ1v) is 9.36. The predicted molar refractivity (Wildman–Crippen MR) is 97.6 cm³/mol. The van der Waals surface area contributed by atoms with Crippen molar-refractivity contribution in [1.29, 1.82) is 0 Å². The van der Waals surface area contributed by atoms with Gasteiger partial charge < -0.3 is 5.11 Å². The Bertz CT molecular complexity index is 720. The quantitative estimate of drug-likeness (QED) is 0.862. The molecular formula is C19H24N2O2S. The molecule has 2 aromatic rings. The topological polar surface area (TPSA) is 53.4 Å². The Kier molecular flexibility index (Phi) is 5.31. The summed E-state index contributed by atoms with van der Waals surface area (Å²) in [6, 6.07) is 9.01. The van der Waals surface area contributed by atoms with Crippen molar-refractivity contribution in [2.75, 3.05) is 7.05 Å². The summed E-state index contributed by atoms with van der Waals surface area (Å²) in [6.07, 6.45) is 6.64. The summed E-state index contributed by atoms with van der Waals surface area (Å²) in [5, 5.41) is 9.99. The molecule has 1 saturated carbocycles. The van der Waals surface area contributed by atoms with Crippen LogP contribution in [0, 0.1) is 6.92 Å². The number of nitrogens with zero attached hydrogens (tertiary/aromatic N) is 2. The number of hydrogen-bond donors (Lipinski definition) is 1. The molecule has 0 bridgehead atoms. The van der Waals surface area contributed by atoms with Gasteiger partial charge in [-0.3, -0.25) is 4.90 Å². The Morgan fingerprint density at radius 3 is 2.75 bits per heavy atom. The zero-order valence-corrected chi connectivity index (χ0v) is 15.1. The Labute approximate surface area is 147 Å². The molecule has 128 valence electrons. The van der Waals surface area contributed by atoms with Crippen molar-refractivity contribution in [3.05, 3.63) is 40.4 Å². The molecule has 1 heterocycles. The number of aromatic carboxylic acids is 1. The van der Waals surface area contributed by atoms with E-state index in [4.69, 9.17) is 0 Å². The fraction of sp³-hybridized carbons (Fsp3) is 0.474. The van der Waals surface area contributed by atoms with Gasteiger partial charge in [-0.15, -0.1) is 11.3 Å². The lowest BCUT2D eigenvalue weighted by Gasteiger charge is -2.31. The van der Waals surface area contributed by atoms with E-state index in [-0.39, 0.29) is 0 Å². The lowest BCUT2D eigenvalue weighted by atomic mass is 9.94. The lowest BCUT2D eigenvalue weighted by Crippen LogP contribution is -2.32. The van der Waals surface area contributed by atoms with Crippen LogP contribution in [0.15, 0.2) is 24.3 Å². The minimum Gasteiger partial charge on any atom is -0.477 e. The molecular weight excluding hydrogens is 320 g/mol. The number of aryl methyl sites for hydroxylation is 1. The fourth-order valence-corrected chi connectivity index (χ4v) is 4.36. The minimum absolute atomic E-state index is 0.328. The second-order valence-corrected chi connectivity index (χ2v) is 7.65. The molecule has 1 aromatic carbocycles. The van der Waals surface area contributed by atoms with Gasteiger partial charge in [0.2, 0.25) is 0 Å². The molecule has 0 aliphatic heterocycles. The molecule has 1 aromatic heterocycles. The van der Waals surface area contributed by atoms with Gasteiger partial charge in [-0.1, -0.05) is 37.5 Å². The molecule has 3 rings (SSSR count). The van der Waals surface area contributed by atoms with Crippen LogP contribution in [0.25, 0.3) is 10.6 Å². The molecule has 1 aliphatic rings. The van der Waals surface area contributed by atoms with Crippen molar-refractivity contribution < 1.29 is 9.90 Å². The van der Waals surface area contributed by atoms with Gasteiger partial charge in [-0.05, 0) is 38.4 Å². The normalized spacial score (nSPS) is 15.8. The van der Waals surface area contributed by atoms with Crippen molar-refractivity contribution in [3.63, 3.8) is 0 Å². The molecule has 24 heavy (non-hydrogen) atoms. The highest BCUT2D eigenvalue weighted by atomic mass is 32.1. The monoisotopic (exact) mass is 344 g/mol. The van der Waals surface area contributed by atoms with E-state index in [0.717, 1.165) is 17.1 Å². The van der Waals surface area contributed by atoms with E-state index >= 15 is 0 Å². The maximum absolute atomic E-state index is 11.2. The second kappa shape index (κ2) is 7.45. The summed E-state index contributed by atoms with van der Waals surface area (Å²) in [7, 11) is 2.21. The van der Waals surface area contributed by atoms with Crippen LogP contribution in [0.2, 0.25) is 0 Å². The summed E-state index contributed by atoms with van der Waals surface area (Å²) in [5.41, 5.74) is 2.85. The fourth-order valence-electron chi connectivity index (χ4n) is 3.46. The Morgan fingerprint density at radius 2 is 2.08 bits per heavy atom. The molecule has 1 fully saturated rings. The highest BCUT2D eigenvalue weighted by Crippen LogP contribution is 2.29. The van der Waals surface area contributed by atoms with Gasteiger partial charge in [0.05, 0.1) is 5.69 Å². The number of thiazole rings is 1. The minimum atomic E-state index is -0.899. The van der Waals surface area contributed by atoms with Crippen LogP contribution >= 0.6 is 11.3 Å². The maximum Gasteiger partial charge on any atom is 0.347 e. The van der Waals surface area contributed by atoms with E-state index in [1.165, 1.54) is 49.0 Å². The van der Waals surface area contributed by atoms with E-state index < -0.39 is 5.97 Å². The molecule has 0 unspecified atom stereocenters. The standard InChI is InChI=1S/C19H24N2O2S/c1-13-17(19(22)23)24-18(20-13)15-8-6-7-14(11-15)12-21(2)16-9-4-3-5-10-16/h6-8,11,16H,3-5,9-10,12H2,1-2H3,(H,22,23). The molecule has 0 radical (unpaired) electrons. The Balaban J connectivity index is 1.76. The van der Waals surface area contributed by atoms with Gasteiger partial charge in [0, 0.05) is 18.2 Å². The van der Waals surface area contributed by atoms with Crippen LogP contribution in [-0.4, -0.2) is 34.0 Å². The first-order chi connectivity index (χ1) is 11.5. The van der Waals surface area contributed by atoms with E-state index in [9.17, 15) is 9.90 Å². The van der Waals surface area contributed by atoms with E-state index in [2.05, 4.69) is 29.1 Å². The third kappa shape index (κ3) is 3.84. The van der Waals surface area contributed by atoms with Crippen LogP contribution in [-0.2, 0) is 6.54 Å². The molecule has 5 heteroatoms. The third-order valence-corrected chi connectivity index (χ3v) is 5.99. The van der Waals surface area contributed by atoms with Crippen LogP contribution in [0.3, 0.4) is 0 Å². The van der Waals surface area contributed by atoms with Gasteiger partial charge in [-0.25, -0.2) is 9.78 Å². The van der Waals surface area contributed by atoms with E-state index in [0.29, 0.717) is 16.6 Å². The summed E-state index contributed by atoms with van der Waals surface area (Å²) in [5.74, 6) is -0.899. The highest BCUT2D eigenvalue weighted by molar-refractivity contribution is 7.17. The number of hydrogen-bond acceptors (Lipinski definition) is 4. The number of aromatic nitrogens is 1. The largest absolute Gasteiger partial charge is 0.477 e. The van der Waals surface area contributed by atoms with E-state index in [1.54, 1.807) is 6.92 Å². The van der Waals surface area contributed by atoms with Crippen LogP contribution in [0.5, 0.6) is 0 Å². The van der Waals surface area contributed by atoms with Crippen molar-refractivity contribution >= 4 is 17.3 Å². The van der Waals surface area contributed by atoms with Crippen molar-refractivity contribution in [2.45, 2.75) is 51.6 Å². The number of carboxylic acid groups (broad SMARTS) is 1. The molecule has 0 spiro atoms. The summed E-state index contributed by atoms with van der Waals surface area (Å²) in [6.45, 7) is 2.68. The molecule has 0 atom stereocenters. The number of rotatable bonds is 5. The van der Waals surface area contributed by atoms with Crippen molar-refractivity contribution in [2.24, 2.45) is 0 Å². The molecule has 1 aliphatic carbocycles. The SMILES string of the molecule is Cc1nc(-c2cccc(CN(C)C3CCCCC3)c2)sc1C(=O)O. The van der Waals surface area contributed by atoms with Crippen molar-refractivity contribution in [3.8, 4) is 10.6 Å². The van der Waals surface area contributed by atoms with Gasteiger partial charge in [0.15, 0.2) is 0 Å². The number of benzene rings is 1. The zero-order chi connectivity index (χ0) is 17.1. The zero-order valence-electron chi connectivity index (χ0n) is 14.3. The first-order valence-electron chi connectivity index (χ1n) is 8.55. The molecule has 0 saturated heterocycles. The van der Waals surface area contributed by atoms with Gasteiger partial charge >= 0.3 is 5.97 Å². The lowest BCUT2D eigenvalue weighted by molar-refractivity contribution is 0.0701. The van der Waals surface area contributed by atoms with Gasteiger partial charge in [0.1, 0.15) is 9.88 Å². The second-order valence-electron chi connectivity index (χ2n) is 6.65. The predicted octanol–water partition coefficient (Wildman–Crippen LogP) is 4.58. The van der Waals surface area contributed by atoms with Gasteiger partial charge in [0.25, 0.3) is 0 Å². The van der Waals surface area contributed by atoms with Crippen LogP contribution < -0.4 is 0 Å². The number of carbonyl (C=O) groups is 1. The summed E-state index contributed by atoms with van der Waals surface area (Å²) < 4.78 is 0. The Morgan fingerprint density at radius 1 is 1.33 bits per heavy atom.